The number of rotatable bonds is 5. The van der Waals surface area contributed by atoms with Gasteiger partial charge in [-0.25, -0.2) is 4.98 Å². The molecule has 0 bridgehead atoms. The molecule has 1 heterocycles. The van der Waals surface area contributed by atoms with E-state index in [2.05, 4.69) is 10.3 Å². The SMILES string of the molecule is COc1ccc(-c2nc3cc(NC(=O)c4cccc([N+](=O)[O-])c4C)ccc3o2)cc1. The molecule has 0 saturated heterocycles. The zero-order valence-electron chi connectivity index (χ0n) is 16.2. The molecule has 8 nitrogen and oxygen atoms in total. The van der Waals surface area contributed by atoms with Crippen molar-refractivity contribution in [3.63, 3.8) is 0 Å². The summed E-state index contributed by atoms with van der Waals surface area (Å²) in [6, 6.07) is 16.8. The fourth-order valence-electron chi connectivity index (χ4n) is 3.13. The summed E-state index contributed by atoms with van der Waals surface area (Å²) in [6.45, 7) is 1.55. The number of aromatic nitrogens is 1. The Morgan fingerprint density at radius 2 is 1.90 bits per heavy atom. The Kier molecular flexibility index (Phi) is 4.89. The Labute approximate surface area is 171 Å². The molecule has 0 atom stereocenters. The lowest BCUT2D eigenvalue weighted by Crippen LogP contribution is -2.14. The molecule has 30 heavy (non-hydrogen) atoms. The standard InChI is InChI=1S/C22H17N3O5/c1-13-17(4-3-5-19(13)25(27)28)21(26)23-15-8-11-20-18(12-15)24-22(30-20)14-6-9-16(29-2)10-7-14/h3-12H,1-2H3,(H,23,26). The topological polar surface area (TPSA) is 108 Å². The molecule has 150 valence electrons. The van der Waals surface area contributed by atoms with Crippen LogP contribution in [0.1, 0.15) is 15.9 Å². The highest BCUT2D eigenvalue weighted by atomic mass is 16.6. The van der Waals surface area contributed by atoms with Gasteiger partial charge in [-0.1, -0.05) is 6.07 Å². The largest absolute Gasteiger partial charge is 0.497 e. The van der Waals surface area contributed by atoms with Crippen molar-refractivity contribution in [2.75, 3.05) is 12.4 Å². The molecule has 0 aliphatic carbocycles. The van der Waals surface area contributed by atoms with Gasteiger partial charge in [0.1, 0.15) is 11.3 Å². The Bertz CT molecular complexity index is 1260. The molecule has 4 rings (SSSR count). The molecule has 0 fully saturated rings. The van der Waals surface area contributed by atoms with E-state index in [9.17, 15) is 14.9 Å². The minimum absolute atomic E-state index is 0.0984. The van der Waals surface area contributed by atoms with Gasteiger partial charge in [0.25, 0.3) is 11.6 Å². The lowest BCUT2D eigenvalue weighted by atomic mass is 10.1. The number of methoxy groups -OCH3 is 1. The minimum atomic E-state index is -0.506. The normalized spacial score (nSPS) is 10.7. The van der Waals surface area contributed by atoms with Gasteiger partial charge in [-0.2, -0.15) is 0 Å². The summed E-state index contributed by atoms with van der Waals surface area (Å²) in [6.07, 6.45) is 0. The Balaban J connectivity index is 1.60. The number of benzene rings is 3. The molecular weight excluding hydrogens is 386 g/mol. The van der Waals surface area contributed by atoms with E-state index in [1.165, 1.54) is 12.1 Å². The molecule has 0 aliphatic heterocycles. The lowest BCUT2D eigenvalue weighted by molar-refractivity contribution is -0.385. The number of anilines is 1. The van der Waals surface area contributed by atoms with Crippen LogP contribution in [0.15, 0.2) is 65.1 Å². The number of amides is 1. The summed E-state index contributed by atoms with van der Waals surface area (Å²) >= 11 is 0. The summed E-state index contributed by atoms with van der Waals surface area (Å²) in [7, 11) is 1.60. The van der Waals surface area contributed by atoms with Gasteiger partial charge in [0.15, 0.2) is 5.58 Å². The smallest absolute Gasteiger partial charge is 0.273 e. The number of nitro benzene ring substituents is 1. The van der Waals surface area contributed by atoms with Crippen LogP contribution < -0.4 is 10.1 Å². The van der Waals surface area contributed by atoms with Crippen LogP contribution in [-0.2, 0) is 0 Å². The highest BCUT2D eigenvalue weighted by Gasteiger charge is 2.18. The average molecular weight is 403 g/mol. The van der Waals surface area contributed by atoms with E-state index in [0.29, 0.717) is 28.2 Å². The molecule has 0 unspecified atom stereocenters. The second kappa shape index (κ2) is 7.67. The van der Waals surface area contributed by atoms with E-state index in [0.717, 1.165) is 11.3 Å². The second-order valence-electron chi connectivity index (χ2n) is 6.59. The first-order valence-corrected chi connectivity index (χ1v) is 9.06. The maximum absolute atomic E-state index is 12.6. The number of nitrogens with one attached hydrogen (secondary N) is 1. The van der Waals surface area contributed by atoms with Crippen LogP contribution in [0.25, 0.3) is 22.6 Å². The molecule has 3 aromatic carbocycles. The first-order chi connectivity index (χ1) is 14.5. The van der Waals surface area contributed by atoms with Crippen LogP contribution in [-0.4, -0.2) is 22.9 Å². The molecule has 1 amide bonds. The van der Waals surface area contributed by atoms with Crippen LogP contribution in [0.4, 0.5) is 11.4 Å². The van der Waals surface area contributed by atoms with E-state index >= 15 is 0 Å². The van der Waals surface area contributed by atoms with Crippen molar-refractivity contribution in [1.29, 1.82) is 0 Å². The summed E-state index contributed by atoms with van der Waals surface area (Å²) in [5.74, 6) is 0.747. The fourth-order valence-corrected chi connectivity index (χ4v) is 3.13. The van der Waals surface area contributed by atoms with Gasteiger partial charge >= 0.3 is 0 Å². The number of fused-ring (bicyclic) bond motifs is 1. The molecular formula is C22H17N3O5. The fraction of sp³-hybridized carbons (Fsp3) is 0.0909. The van der Waals surface area contributed by atoms with E-state index < -0.39 is 10.8 Å². The third-order valence-corrected chi connectivity index (χ3v) is 4.73. The maximum atomic E-state index is 12.6. The van der Waals surface area contributed by atoms with E-state index in [1.807, 2.05) is 24.3 Å². The van der Waals surface area contributed by atoms with Gasteiger partial charge in [-0.05, 0) is 55.5 Å². The van der Waals surface area contributed by atoms with Crippen LogP contribution >= 0.6 is 0 Å². The molecule has 0 spiro atoms. The average Bonchev–Trinajstić information content (AvgIpc) is 3.17. The van der Waals surface area contributed by atoms with Crippen LogP contribution in [0.5, 0.6) is 5.75 Å². The molecule has 0 radical (unpaired) electrons. The molecule has 0 saturated carbocycles. The zero-order chi connectivity index (χ0) is 21.3. The second-order valence-corrected chi connectivity index (χ2v) is 6.59. The molecule has 8 heteroatoms. The quantitative estimate of drug-likeness (QED) is 0.372. The maximum Gasteiger partial charge on any atom is 0.273 e. The molecule has 0 aliphatic rings. The number of oxazole rings is 1. The summed E-state index contributed by atoms with van der Waals surface area (Å²) in [5, 5.41) is 13.9. The molecule has 1 N–H and O–H groups in total. The minimum Gasteiger partial charge on any atom is -0.497 e. The number of nitro groups is 1. The van der Waals surface area contributed by atoms with Crippen LogP contribution in [0.2, 0.25) is 0 Å². The Morgan fingerprint density at radius 3 is 2.60 bits per heavy atom. The third-order valence-electron chi connectivity index (χ3n) is 4.73. The zero-order valence-corrected chi connectivity index (χ0v) is 16.2. The van der Waals surface area contributed by atoms with Crippen molar-refractivity contribution in [1.82, 2.24) is 4.98 Å². The highest BCUT2D eigenvalue weighted by Crippen LogP contribution is 2.28. The van der Waals surface area contributed by atoms with Gasteiger partial charge in [0.2, 0.25) is 5.89 Å². The van der Waals surface area contributed by atoms with Crippen LogP contribution in [0.3, 0.4) is 0 Å². The van der Waals surface area contributed by atoms with Crippen LogP contribution in [0, 0.1) is 17.0 Å². The van der Waals surface area contributed by atoms with Gasteiger partial charge in [-0.15, -0.1) is 0 Å². The summed E-state index contributed by atoms with van der Waals surface area (Å²) < 4.78 is 10.9. The van der Waals surface area contributed by atoms with E-state index in [-0.39, 0.29) is 11.3 Å². The van der Waals surface area contributed by atoms with Gasteiger partial charge in [-0.3, -0.25) is 14.9 Å². The predicted molar refractivity (Wildman–Crippen MR) is 112 cm³/mol. The third kappa shape index (κ3) is 3.58. The monoisotopic (exact) mass is 403 g/mol. The Hall–Kier alpha value is -4.20. The molecule has 4 aromatic rings. The Morgan fingerprint density at radius 1 is 1.13 bits per heavy atom. The number of carbonyl (C=O) groups excluding carboxylic acids is 1. The van der Waals surface area contributed by atoms with Crippen molar-refractivity contribution in [2.45, 2.75) is 6.92 Å². The number of hydrogen-bond acceptors (Lipinski definition) is 6. The summed E-state index contributed by atoms with van der Waals surface area (Å²) in [4.78, 5) is 27.7. The first-order valence-electron chi connectivity index (χ1n) is 9.06. The van der Waals surface area contributed by atoms with Gasteiger partial charge < -0.3 is 14.5 Å². The highest BCUT2D eigenvalue weighted by molar-refractivity contribution is 6.06. The van der Waals surface area contributed by atoms with Crippen molar-refractivity contribution < 1.29 is 18.9 Å². The van der Waals surface area contributed by atoms with E-state index in [1.54, 1.807) is 38.3 Å². The predicted octanol–water partition coefficient (Wildman–Crippen LogP) is 4.97. The van der Waals surface area contributed by atoms with Crippen molar-refractivity contribution in [3.05, 3.63) is 81.9 Å². The van der Waals surface area contributed by atoms with Gasteiger partial charge in [0.05, 0.1) is 12.0 Å². The van der Waals surface area contributed by atoms with Crippen molar-refractivity contribution in [2.24, 2.45) is 0 Å². The number of hydrogen-bond donors (Lipinski definition) is 1. The molecule has 1 aromatic heterocycles. The lowest BCUT2D eigenvalue weighted by Gasteiger charge is -2.07. The van der Waals surface area contributed by atoms with Crippen molar-refractivity contribution in [3.8, 4) is 17.2 Å². The number of nitrogens with zero attached hydrogens (tertiary/aromatic N) is 2. The van der Waals surface area contributed by atoms with Crippen molar-refractivity contribution >= 4 is 28.4 Å². The number of carbonyl (C=O) groups is 1. The van der Waals surface area contributed by atoms with E-state index in [4.69, 9.17) is 9.15 Å². The first kappa shape index (κ1) is 19.1. The summed E-state index contributed by atoms with van der Waals surface area (Å²) in [5.41, 5.74) is 2.91. The van der Waals surface area contributed by atoms with Gasteiger partial charge in [0, 0.05) is 28.4 Å². The number of ether oxygens (including phenoxy) is 1.